The Morgan fingerprint density at radius 2 is 2.10 bits per heavy atom. The minimum atomic E-state index is 0.111. The predicted octanol–water partition coefficient (Wildman–Crippen LogP) is 1.98. The van der Waals surface area contributed by atoms with Gasteiger partial charge in [-0.1, -0.05) is 6.07 Å². The number of nitrogens with zero attached hydrogens (tertiary/aromatic N) is 1. The SMILES string of the molecule is N[C@H]1CN(C(=O)c2ccc3cc[nH]c3c2)C[C@@H]1C1CC1. The Hall–Kier alpha value is -1.81. The van der Waals surface area contributed by atoms with E-state index in [0.717, 1.165) is 28.9 Å². The number of nitrogens with two attached hydrogens (primary N) is 1. The zero-order valence-electron chi connectivity index (χ0n) is 11.4. The highest BCUT2D eigenvalue weighted by Crippen LogP contribution is 2.41. The van der Waals surface area contributed by atoms with Crippen LogP contribution in [0.1, 0.15) is 23.2 Å². The molecule has 0 radical (unpaired) electrons. The van der Waals surface area contributed by atoms with Gasteiger partial charge in [0.05, 0.1) is 0 Å². The smallest absolute Gasteiger partial charge is 0.253 e. The Morgan fingerprint density at radius 1 is 1.25 bits per heavy atom. The highest BCUT2D eigenvalue weighted by molar-refractivity contribution is 5.98. The number of aromatic nitrogens is 1. The molecule has 3 N–H and O–H groups in total. The lowest BCUT2D eigenvalue weighted by molar-refractivity contribution is 0.0785. The topological polar surface area (TPSA) is 62.1 Å². The number of benzene rings is 1. The molecule has 1 aliphatic heterocycles. The number of hydrogen-bond donors (Lipinski definition) is 2. The molecule has 20 heavy (non-hydrogen) atoms. The van der Waals surface area contributed by atoms with E-state index in [9.17, 15) is 4.79 Å². The molecule has 2 heterocycles. The van der Waals surface area contributed by atoms with Crippen LogP contribution >= 0.6 is 0 Å². The summed E-state index contributed by atoms with van der Waals surface area (Å²) in [5, 5.41) is 1.13. The minimum absolute atomic E-state index is 0.111. The van der Waals surface area contributed by atoms with E-state index in [-0.39, 0.29) is 11.9 Å². The first-order chi connectivity index (χ1) is 9.72. The number of rotatable bonds is 2. The molecule has 1 aliphatic carbocycles. The van der Waals surface area contributed by atoms with Gasteiger partial charge in [0, 0.05) is 36.4 Å². The molecule has 1 saturated carbocycles. The molecule has 104 valence electrons. The molecule has 4 heteroatoms. The first kappa shape index (κ1) is 12.0. The molecule has 1 saturated heterocycles. The molecule has 1 amide bonds. The van der Waals surface area contributed by atoms with Crippen molar-refractivity contribution in [1.29, 1.82) is 0 Å². The lowest BCUT2D eigenvalue weighted by Crippen LogP contribution is -2.32. The summed E-state index contributed by atoms with van der Waals surface area (Å²) >= 11 is 0. The average Bonchev–Trinajstić information content (AvgIpc) is 3.06. The molecule has 4 nitrogen and oxygen atoms in total. The van der Waals surface area contributed by atoms with E-state index in [0.29, 0.717) is 12.5 Å². The third kappa shape index (κ3) is 1.91. The maximum atomic E-state index is 12.6. The summed E-state index contributed by atoms with van der Waals surface area (Å²) in [7, 11) is 0. The van der Waals surface area contributed by atoms with Gasteiger partial charge in [0.1, 0.15) is 0 Å². The summed E-state index contributed by atoms with van der Waals surface area (Å²) in [6.07, 6.45) is 4.47. The van der Waals surface area contributed by atoms with Crippen LogP contribution in [0.5, 0.6) is 0 Å². The zero-order valence-corrected chi connectivity index (χ0v) is 11.4. The molecule has 2 atom stereocenters. The number of fused-ring (bicyclic) bond motifs is 1. The van der Waals surface area contributed by atoms with Gasteiger partial charge >= 0.3 is 0 Å². The van der Waals surface area contributed by atoms with Crippen molar-refractivity contribution in [3.05, 3.63) is 36.0 Å². The standard InChI is InChI=1S/C16H19N3O/c17-14-9-19(8-13(14)10-1-2-10)16(20)12-4-3-11-5-6-18-15(11)7-12/h3-7,10,13-14,18H,1-2,8-9,17H2/t13-,14+/m1/s1. The van der Waals surface area contributed by atoms with Crippen LogP contribution in [0, 0.1) is 11.8 Å². The van der Waals surface area contributed by atoms with Crippen LogP contribution in [0.25, 0.3) is 10.9 Å². The van der Waals surface area contributed by atoms with Crippen LogP contribution in [-0.4, -0.2) is 34.9 Å². The molecule has 0 bridgehead atoms. The van der Waals surface area contributed by atoms with Gasteiger partial charge in [0.15, 0.2) is 0 Å². The third-order valence-electron chi connectivity index (χ3n) is 4.73. The minimum Gasteiger partial charge on any atom is -0.361 e. The van der Waals surface area contributed by atoms with Crippen LogP contribution in [0.3, 0.4) is 0 Å². The van der Waals surface area contributed by atoms with Crippen molar-refractivity contribution in [2.45, 2.75) is 18.9 Å². The normalized spacial score (nSPS) is 26.4. The second kappa shape index (κ2) is 4.35. The summed E-state index contributed by atoms with van der Waals surface area (Å²) in [6, 6.07) is 8.01. The average molecular weight is 269 g/mol. The van der Waals surface area contributed by atoms with Crippen molar-refractivity contribution >= 4 is 16.8 Å². The highest BCUT2D eigenvalue weighted by Gasteiger charge is 2.42. The van der Waals surface area contributed by atoms with Crippen LogP contribution in [0.2, 0.25) is 0 Å². The van der Waals surface area contributed by atoms with Crippen LogP contribution < -0.4 is 5.73 Å². The summed E-state index contributed by atoms with van der Waals surface area (Å²) in [5.41, 5.74) is 7.97. The van der Waals surface area contributed by atoms with Crippen LogP contribution in [0.15, 0.2) is 30.5 Å². The van der Waals surface area contributed by atoms with E-state index in [2.05, 4.69) is 4.98 Å². The lowest BCUT2D eigenvalue weighted by atomic mass is 9.99. The monoisotopic (exact) mass is 269 g/mol. The van der Waals surface area contributed by atoms with Gasteiger partial charge in [-0.25, -0.2) is 0 Å². The second-order valence-electron chi connectivity index (χ2n) is 6.15. The van der Waals surface area contributed by atoms with Crippen molar-refractivity contribution in [3.63, 3.8) is 0 Å². The van der Waals surface area contributed by atoms with Gasteiger partial charge in [-0.3, -0.25) is 4.79 Å². The number of likely N-dealkylation sites (tertiary alicyclic amines) is 1. The first-order valence-corrected chi connectivity index (χ1v) is 7.34. The first-order valence-electron chi connectivity index (χ1n) is 7.34. The molecule has 4 rings (SSSR count). The fourth-order valence-corrected chi connectivity index (χ4v) is 3.41. The molecule has 0 unspecified atom stereocenters. The molecule has 2 aromatic rings. The molecule has 1 aromatic heterocycles. The molecule has 0 spiro atoms. The van der Waals surface area contributed by atoms with Gasteiger partial charge < -0.3 is 15.6 Å². The maximum absolute atomic E-state index is 12.6. The number of nitrogens with one attached hydrogen (secondary N) is 1. The van der Waals surface area contributed by atoms with Crippen molar-refractivity contribution in [3.8, 4) is 0 Å². The Kier molecular flexibility index (Phi) is 2.60. The fraction of sp³-hybridized carbons (Fsp3) is 0.438. The molecule has 2 fully saturated rings. The second-order valence-corrected chi connectivity index (χ2v) is 6.15. The molecule has 1 aromatic carbocycles. The van der Waals surface area contributed by atoms with Crippen molar-refractivity contribution in [2.75, 3.05) is 13.1 Å². The van der Waals surface area contributed by atoms with Gasteiger partial charge in [-0.2, -0.15) is 0 Å². The zero-order chi connectivity index (χ0) is 13.7. The molecular weight excluding hydrogens is 250 g/mol. The van der Waals surface area contributed by atoms with E-state index < -0.39 is 0 Å². The highest BCUT2D eigenvalue weighted by atomic mass is 16.2. The van der Waals surface area contributed by atoms with Crippen molar-refractivity contribution in [2.24, 2.45) is 17.6 Å². The van der Waals surface area contributed by atoms with E-state index >= 15 is 0 Å². The lowest BCUT2D eigenvalue weighted by Gasteiger charge is -2.16. The Labute approximate surface area is 117 Å². The predicted molar refractivity (Wildman–Crippen MR) is 78.4 cm³/mol. The van der Waals surface area contributed by atoms with E-state index in [1.807, 2.05) is 35.4 Å². The summed E-state index contributed by atoms with van der Waals surface area (Å²) < 4.78 is 0. The Balaban J connectivity index is 1.57. The number of aromatic amines is 1. The number of H-pyrrole nitrogens is 1. The maximum Gasteiger partial charge on any atom is 0.253 e. The van der Waals surface area contributed by atoms with Crippen molar-refractivity contribution < 1.29 is 4.79 Å². The van der Waals surface area contributed by atoms with Crippen LogP contribution in [0.4, 0.5) is 0 Å². The Bertz CT molecular complexity index is 659. The molecule has 2 aliphatic rings. The summed E-state index contributed by atoms with van der Waals surface area (Å²) in [4.78, 5) is 17.7. The van der Waals surface area contributed by atoms with E-state index in [1.54, 1.807) is 0 Å². The number of carbonyl (C=O) groups excluding carboxylic acids is 1. The summed E-state index contributed by atoms with van der Waals surface area (Å²) in [5.74, 6) is 1.38. The third-order valence-corrected chi connectivity index (χ3v) is 4.73. The fourth-order valence-electron chi connectivity index (χ4n) is 3.41. The summed E-state index contributed by atoms with van der Waals surface area (Å²) in [6.45, 7) is 1.52. The van der Waals surface area contributed by atoms with Gasteiger partial charge in [0.25, 0.3) is 5.91 Å². The molecular formula is C16H19N3O. The number of hydrogen-bond acceptors (Lipinski definition) is 2. The largest absolute Gasteiger partial charge is 0.361 e. The number of amides is 1. The Morgan fingerprint density at radius 3 is 2.90 bits per heavy atom. The van der Waals surface area contributed by atoms with Gasteiger partial charge in [0.2, 0.25) is 0 Å². The van der Waals surface area contributed by atoms with Crippen LogP contribution in [-0.2, 0) is 0 Å². The van der Waals surface area contributed by atoms with E-state index in [4.69, 9.17) is 5.73 Å². The van der Waals surface area contributed by atoms with Crippen molar-refractivity contribution in [1.82, 2.24) is 9.88 Å². The van der Waals surface area contributed by atoms with Gasteiger partial charge in [-0.15, -0.1) is 0 Å². The quantitative estimate of drug-likeness (QED) is 0.875. The van der Waals surface area contributed by atoms with Gasteiger partial charge in [-0.05, 0) is 48.3 Å². The van der Waals surface area contributed by atoms with E-state index in [1.165, 1.54) is 12.8 Å². The number of carbonyl (C=O) groups is 1.